The molecule has 0 aromatic carbocycles. The van der Waals surface area contributed by atoms with Gasteiger partial charge in [-0.25, -0.2) is 4.98 Å². The summed E-state index contributed by atoms with van der Waals surface area (Å²) in [5.74, 6) is -0.128. The highest BCUT2D eigenvalue weighted by Crippen LogP contribution is 2.33. The Kier molecular flexibility index (Phi) is 4.42. The van der Waals surface area contributed by atoms with Crippen LogP contribution in [0.2, 0.25) is 0 Å². The number of allylic oxidation sites excluding steroid dienone is 2. The van der Waals surface area contributed by atoms with Gasteiger partial charge < -0.3 is 9.17 Å². The summed E-state index contributed by atoms with van der Waals surface area (Å²) in [5.41, 5.74) is -4.11. The van der Waals surface area contributed by atoms with Gasteiger partial charge in [0, 0.05) is 22.2 Å². The van der Waals surface area contributed by atoms with Gasteiger partial charge in [0.1, 0.15) is 5.52 Å². The number of aromatic amines is 1. The zero-order chi connectivity index (χ0) is 15.5. The lowest BCUT2D eigenvalue weighted by Crippen LogP contribution is -2.21. The number of pyridine rings is 1. The molecule has 1 N–H and O–H groups in total. The lowest BCUT2D eigenvalue weighted by molar-refractivity contribution is -0.0370. The molecule has 21 heavy (non-hydrogen) atoms. The van der Waals surface area contributed by atoms with E-state index in [-0.39, 0.29) is 5.88 Å². The number of H-pyrrole nitrogens is 1. The van der Waals surface area contributed by atoms with Crippen LogP contribution in [-0.2, 0) is 0 Å². The van der Waals surface area contributed by atoms with Gasteiger partial charge in [0.15, 0.2) is 12.0 Å². The van der Waals surface area contributed by atoms with Crippen molar-refractivity contribution in [2.24, 2.45) is 0 Å². The van der Waals surface area contributed by atoms with Gasteiger partial charge in [-0.1, -0.05) is 31.4 Å². The molecular weight excluding hydrogens is 301 g/mol. The Balaban J connectivity index is 2.63. The van der Waals surface area contributed by atoms with E-state index in [0.717, 1.165) is 5.22 Å². The van der Waals surface area contributed by atoms with E-state index in [1.807, 2.05) is 0 Å². The van der Waals surface area contributed by atoms with Crippen LogP contribution in [0.4, 0.5) is 13.2 Å². The van der Waals surface area contributed by atoms with Crippen LogP contribution < -0.4 is 14.8 Å². The molecule has 0 fully saturated rings. The average Bonchev–Trinajstić information content (AvgIpc) is 2.75. The molecule has 0 saturated carbocycles. The second-order valence-corrected chi connectivity index (χ2v) is 4.70. The maximum absolute atomic E-state index is 12.2. The second kappa shape index (κ2) is 6.09. The van der Waals surface area contributed by atoms with Gasteiger partial charge in [0.05, 0.1) is 0 Å². The number of nitrogens with zero attached hydrogens (tertiary/aromatic N) is 1. The molecule has 2 aromatic rings. The number of aromatic nitrogens is 2. The largest absolute Gasteiger partial charge is 0.479 e. The Morgan fingerprint density at radius 1 is 1.24 bits per heavy atom. The predicted octanol–water partition coefficient (Wildman–Crippen LogP) is 3.04. The Hall–Kier alpha value is -2.15. The first-order valence-electron chi connectivity index (χ1n) is 5.81. The molecule has 0 atom stereocenters. The molecule has 0 saturated heterocycles. The van der Waals surface area contributed by atoms with Crippen molar-refractivity contribution in [3.63, 3.8) is 0 Å². The third-order valence-corrected chi connectivity index (χ3v) is 2.97. The highest BCUT2D eigenvalue weighted by molar-refractivity contribution is 7.95. The summed E-state index contributed by atoms with van der Waals surface area (Å²) < 4.78 is 41.4. The van der Waals surface area contributed by atoms with Crippen LogP contribution in [0, 0.1) is 0 Å². The predicted molar refractivity (Wildman–Crippen MR) is 78.9 cm³/mol. The molecule has 0 aliphatic heterocycles. The number of fused-ring (bicyclic) bond motifs is 1. The third kappa shape index (κ3) is 3.49. The lowest BCUT2D eigenvalue weighted by atomic mass is 10.2. The molecular formula is C14H11F3N2OS. The van der Waals surface area contributed by atoms with E-state index in [0.29, 0.717) is 16.3 Å². The van der Waals surface area contributed by atoms with Crippen molar-refractivity contribution in [3.8, 4) is 5.88 Å². The normalized spacial score (nSPS) is 13.7. The van der Waals surface area contributed by atoms with Crippen molar-refractivity contribution >= 4 is 35.1 Å². The highest BCUT2D eigenvalue weighted by atomic mass is 32.2. The Morgan fingerprint density at radius 2 is 1.95 bits per heavy atom. The fourth-order valence-electron chi connectivity index (χ4n) is 1.83. The van der Waals surface area contributed by atoms with Crippen molar-refractivity contribution in [2.75, 3.05) is 0 Å². The summed E-state index contributed by atoms with van der Waals surface area (Å²) in [6.07, 6.45) is 8.00. The molecule has 0 aliphatic carbocycles. The average molecular weight is 312 g/mol. The minimum atomic E-state index is -4.50. The number of nitrogens with one attached hydrogen (secondary N) is 1. The summed E-state index contributed by atoms with van der Waals surface area (Å²) in [6, 6.07) is 1.69. The fraction of sp³-hybridized carbons (Fsp3) is 0.0714. The maximum atomic E-state index is 12.2. The van der Waals surface area contributed by atoms with Crippen molar-refractivity contribution in [1.29, 1.82) is 0 Å². The van der Waals surface area contributed by atoms with E-state index in [9.17, 15) is 13.2 Å². The first-order chi connectivity index (χ1) is 9.96. The molecule has 2 heterocycles. The molecule has 2 rings (SSSR count). The lowest BCUT2D eigenvalue weighted by Gasteiger charge is -2.05. The van der Waals surface area contributed by atoms with Crippen molar-refractivity contribution in [3.05, 3.63) is 48.1 Å². The molecule has 110 valence electrons. The number of alkyl halides is 3. The van der Waals surface area contributed by atoms with Crippen molar-refractivity contribution in [2.45, 2.75) is 5.51 Å². The zero-order valence-corrected chi connectivity index (χ0v) is 11.6. The van der Waals surface area contributed by atoms with Gasteiger partial charge >= 0.3 is 5.51 Å². The summed E-state index contributed by atoms with van der Waals surface area (Å²) in [7, 11) is 0. The number of hydrogen-bond acceptors (Lipinski definition) is 3. The van der Waals surface area contributed by atoms with Gasteiger partial charge in [0.25, 0.3) is 5.88 Å². The Bertz CT molecular complexity index is 793. The molecule has 3 nitrogen and oxygen atoms in total. The van der Waals surface area contributed by atoms with Crippen LogP contribution in [0.5, 0.6) is 5.88 Å². The summed E-state index contributed by atoms with van der Waals surface area (Å²) in [4.78, 5) is 6.81. The Labute approximate surface area is 122 Å². The molecule has 2 aromatic heterocycles. The minimum Gasteiger partial charge on any atom is -0.394 e. The molecule has 0 aliphatic rings. The standard InChI is InChI=1S/C14H11F3N2OS/c1-3-5-9-10-7-8-18-13(20-21-14(15,16)17)12(10)19-11(9)6-4-2/h3-8,19H,1-2H2/b9-5-,11-6+. The number of halogens is 3. The van der Waals surface area contributed by atoms with E-state index in [1.165, 1.54) is 6.20 Å². The third-order valence-electron chi connectivity index (χ3n) is 2.54. The minimum absolute atomic E-state index is 0.128. The first kappa shape index (κ1) is 15.2. The van der Waals surface area contributed by atoms with E-state index in [4.69, 9.17) is 0 Å². The van der Waals surface area contributed by atoms with Crippen LogP contribution in [-0.4, -0.2) is 15.5 Å². The summed E-state index contributed by atoms with van der Waals surface area (Å²) >= 11 is -0.600. The fourth-order valence-corrected chi connectivity index (χ4v) is 2.13. The van der Waals surface area contributed by atoms with E-state index < -0.39 is 17.6 Å². The molecule has 0 unspecified atom stereocenters. The van der Waals surface area contributed by atoms with Crippen molar-refractivity contribution < 1.29 is 17.4 Å². The van der Waals surface area contributed by atoms with Crippen LogP contribution in [0.15, 0.2) is 37.6 Å². The van der Waals surface area contributed by atoms with Gasteiger partial charge in [-0.2, -0.15) is 13.2 Å². The van der Waals surface area contributed by atoms with E-state index in [1.54, 1.807) is 30.4 Å². The monoisotopic (exact) mass is 312 g/mol. The molecule has 0 spiro atoms. The SMILES string of the molecule is C=C/C=c1\c(=C/C=C)[nH]c2c(OSC(F)(F)F)nccc12. The van der Waals surface area contributed by atoms with Crippen LogP contribution in [0.1, 0.15) is 0 Å². The van der Waals surface area contributed by atoms with Gasteiger partial charge in [-0.15, -0.1) is 0 Å². The van der Waals surface area contributed by atoms with Gasteiger partial charge in [-0.05, 0) is 12.1 Å². The Morgan fingerprint density at radius 3 is 2.57 bits per heavy atom. The number of hydrogen-bond donors (Lipinski definition) is 1. The maximum Gasteiger partial charge on any atom is 0.479 e. The van der Waals surface area contributed by atoms with Crippen LogP contribution in [0.3, 0.4) is 0 Å². The van der Waals surface area contributed by atoms with E-state index in [2.05, 4.69) is 27.3 Å². The van der Waals surface area contributed by atoms with E-state index >= 15 is 0 Å². The van der Waals surface area contributed by atoms with Gasteiger partial charge in [0.2, 0.25) is 0 Å². The zero-order valence-electron chi connectivity index (χ0n) is 10.8. The smallest absolute Gasteiger partial charge is 0.394 e. The molecule has 7 heteroatoms. The summed E-state index contributed by atoms with van der Waals surface area (Å²) in [6.45, 7) is 7.23. The molecule has 0 amide bonds. The first-order valence-corrected chi connectivity index (χ1v) is 6.55. The summed E-state index contributed by atoms with van der Waals surface area (Å²) in [5, 5.41) is 2.16. The highest BCUT2D eigenvalue weighted by Gasteiger charge is 2.32. The molecule has 0 radical (unpaired) electrons. The van der Waals surface area contributed by atoms with Gasteiger partial charge in [-0.3, -0.25) is 0 Å². The quantitative estimate of drug-likeness (QED) is 0.882. The molecule has 0 bridgehead atoms. The van der Waals surface area contributed by atoms with Crippen LogP contribution >= 0.6 is 12.0 Å². The second-order valence-electron chi connectivity index (χ2n) is 3.91. The van der Waals surface area contributed by atoms with Crippen molar-refractivity contribution in [1.82, 2.24) is 9.97 Å². The van der Waals surface area contributed by atoms with Crippen LogP contribution in [0.25, 0.3) is 23.1 Å². The topological polar surface area (TPSA) is 37.9 Å². The number of rotatable bonds is 4.